The molecule has 0 aliphatic heterocycles. The molecule has 9 nitrogen and oxygen atoms in total. The Kier molecular flexibility index (Phi) is 6.15. The van der Waals surface area contributed by atoms with Crippen LogP contribution in [-0.2, 0) is 20.8 Å². The smallest absolute Gasteiger partial charge is 0.287 e. The minimum absolute atomic E-state index is 0.0659. The van der Waals surface area contributed by atoms with Gasteiger partial charge in [0.05, 0.1) is 10.2 Å². The number of ketones is 1. The zero-order valence-corrected chi connectivity index (χ0v) is 16.0. The van der Waals surface area contributed by atoms with Gasteiger partial charge in [0, 0.05) is 18.8 Å². The van der Waals surface area contributed by atoms with Gasteiger partial charge < -0.3 is 21.8 Å². The molecule has 1 atom stereocenters. The molecule has 6 N–H and O–H groups in total. The van der Waals surface area contributed by atoms with Gasteiger partial charge in [-0.3, -0.25) is 14.4 Å². The molecule has 148 valence electrons. The Bertz CT molecular complexity index is 1100. The molecule has 0 bridgehead atoms. The van der Waals surface area contributed by atoms with Gasteiger partial charge in [-0.15, -0.1) is 11.3 Å². The van der Waals surface area contributed by atoms with E-state index < -0.39 is 23.6 Å². The van der Waals surface area contributed by atoms with Crippen molar-refractivity contribution in [2.45, 2.75) is 12.5 Å². The number of carbonyl (C=O) groups is 3. The minimum atomic E-state index is -1.15. The highest BCUT2D eigenvalue weighted by atomic mass is 32.1. The highest BCUT2D eigenvalue weighted by molar-refractivity contribution is 7.17. The maximum absolute atomic E-state index is 12.7. The number of hydrogen-bond donors (Lipinski definition) is 4. The average Bonchev–Trinajstić information content (AvgIpc) is 3.32. The highest BCUT2D eigenvalue weighted by Gasteiger charge is 2.27. The molecule has 0 aliphatic rings. The Balaban J connectivity index is 1.86. The van der Waals surface area contributed by atoms with Crippen molar-refractivity contribution in [2.24, 2.45) is 16.5 Å². The number of thiophene rings is 1. The van der Waals surface area contributed by atoms with Gasteiger partial charge in [-0.1, -0.05) is 6.07 Å². The minimum Gasteiger partial charge on any atom is -0.405 e. The zero-order chi connectivity index (χ0) is 20.8. The molecule has 3 aromatic rings. The number of aromatic amines is 1. The number of carbonyl (C=O) groups excluding carboxylic acids is 3. The number of rotatable bonds is 8. The first kappa shape index (κ1) is 20.0. The lowest BCUT2D eigenvalue weighted by atomic mass is 10.0. The number of aliphatic imine (C=N–C) groups is 1. The summed E-state index contributed by atoms with van der Waals surface area (Å²) >= 11 is 1.49. The molecule has 3 aromatic heterocycles. The summed E-state index contributed by atoms with van der Waals surface area (Å²) in [5, 5.41) is 4.39. The van der Waals surface area contributed by atoms with E-state index in [2.05, 4.69) is 20.3 Å². The van der Waals surface area contributed by atoms with Crippen LogP contribution in [0.15, 0.2) is 59.3 Å². The summed E-state index contributed by atoms with van der Waals surface area (Å²) in [4.78, 5) is 47.8. The Labute approximate surface area is 169 Å². The van der Waals surface area contributed by atoms with Gasteiger partial charge in [-0.05, 0) is 41.4 Å². The quantitative estimate of drug-likeness (QED) is 0.321. The normalized spacial score (nSPS) is 12.9. The van der Waals surface area contributed by atoms with Crippen LogP contribution in [0.2, 0.25) is 0 Å². The SMILES string of the molecule is N/C=C\C(=N\c1ccccn1)C(=O)NC(Cc1csc2cc[nH]c12)C(=O)C(N)=O. The summed E-state index contributed by atoms with van der Waals surface area (Å²) in [7, 11) is 0. The van der Waals surface area contributed by atoms with Crippen LogP contribution in [0.25, 0.3) is 10.2 Å². The molecule has 0 aromatic carbocycles. The third-order valence-corrected chi connectivity index (χ3v) is 5.01. The van der Waals surface area contributed by atoms with Gasteiger partial charge >= 0.3 is 0 Å². The highest BCUT2D eigenvalue weighted by Crippen LogP contribution is 2.25. The summed E-state index contributed by atoms with van der Waals surface area (Å²) in [5.41, 5.74) is 12.1. The maximum atomic E-state index is 12.7. The van der Waals surface area contributed by atoms with E-state index in [1.54, 1.807) is 24.4 Å². The monoisotopic (exact) mass is 410 g/mol. The molecular weight excluding hydrogens is 392 g/mol. The number of H-pyrrole nitrogens is 1. The molecule has 3 rings (SSSR count). The molecule has 0 fully saturated rings. The zero-order valence-electron chi connectivity index (χ0n) is 15.2. The molecule has 0 saturated heterocycles. The first-order chi connectivity index (χ1) is 14.0. The Morgan fingerprint density at radius 3 is 2.83 bits per heavy atom. The van der Waals surface area contributed by atoms with Gasteiger partial charge in [0.2, 0.25) is 5.78 Å². The summed E-state index contributed by atoms with van der Waals surface area (Å²) in [6, 6.07) is 5.78. The molecular formula is C19H18N6O3S. The molecule has 0 saturated carbocycles. The molecule has 29 heavy (non-hydrogen) atoms. The predicted octanol–water partition coefficient (Wildman–Crippen LogP) is 0.951. The lowest BCUT2D eigenvalue weighted by Gasteiger charge is -2.16. The van der Waals surface area contributed by atoms with Crippen molar-refractivity contribution in [1.82, 2.24) is 15.3 Å². The number of primary amides is 1. The number of hydrogen-bond acceptors (Lipinski definition) is 7. The van der Waals surface area contributed by atoms with Gasteiger partial charge in [0.15, 0.2) is 5.82 Å². The Morgan fingerprint density at radius 2 is 2.14 bits per heavy atom. The van der Waals surface area contributed by atoms with Gasteiger partial charge in [0.1, 0.15) is 11.8 Å². The van der Waals surface area contributed by atoms with Gasteiger partial charge in [-0.25, -0.2) is 9.98 Å². The van der Waals surface area contributed by atoms with Crippen molar-refractivity contribution in [1.29, 1.82) is 0 Å². The van der Waals surface area contributed by atoms with E-state index in [0.717, 1.165) is 22.0 Å². The van der Waals surface area contributed by atoms with Crippen LogP contribution in [0, 0.1) is 0 Å². The van der Waals surface area contributed by atoms with Crippen LogP contribution < -0.4 is 16.8 Å². The summed E-state index contributed by atoms with van der Waals surface area (Å²) in [5.74, 6) is -2.43. The van der Waals surface area contributed by atoms with Crippen molar-refractivity contribution >= 4 is 50.7 Å². The number of nitrogens with zero attached hydrogens (tertiary/aromatic N) is 2. The second-order valence-corrected chi connectivity index (χ2v) is 6.89. The second-order valence-electron chi connectivity index (χ2n) is 5.98. The molecule has 3 heterocycles. The maximum Gasteiger partial charge on any atom is 0.287 e. The molecule has 1 unspecified atom stereocenters. The van der Waals surface area contributed by atoms with Crippen molar-refractivity contribution in [2.75, 3.05) is 0 Å². The van der Waals surface area contributed by atoms with Gasteiger partial charge in [0.25, 0.3) is 11.8 Å². The fourth-order valence-corrected chi connectivity index (χ4v) is 3.62. The summed E-state index contributed by atoms with van der Waals surface area (Å²) in [6.45, 7) is 0. The Hall–Kier alpha value is -3.79. The van der Waals surface area contributed by atoms with Gasteiger partial charge in [-0.2, -0.15) is 0 Å². The Morgan fingerprint density at radius 1 is 1.31 bits per heavy atom. The third-order valence-electron chi connectivity index (χ3n) is 4.02. The van der Waals surface area contributed by atoms with Crippen molar-refractivity contribution in [3.63, 3.8) is 0 Å². The van der Waals surface area contributed by atoms with Crippen molar-refractivity contribution in [3.8, 4) is 0 Å². The third kappa shape index (κ3) is 4.74. The van der Waals surface area contributed by atoms with Crippen molar-refractivity contribution < 1.29 is 14.4 Å². The number of pyridine rings is 1. The molecule has 0 radical (unpaired) electrons. The predicted molar refractivity (Wildman–Crippen MR) is 111 cm³/mol. The first-order valence-corrected chi connectivity index (χ1v) is 9.43. The van der Waals surface area contributed by atoms with E-state index in [0.29, 0.717) is 5.82 Å². The van der Waals surface area contributed by atoms with E-state index in [9.17, 15) is 14.4 Å². The molecule has 2 amide bonds. The topological polar surface area (TPSA) is 156 Å². The number of aromatic nitrogens is 2. The molecule has 0 aliphatic carbocycles. The second kappa shape index (κ2) is 8.93. The van der Waals surface area contributed by atoms with E-state index in [4.69, 9.17) is 11.5 Å². The number of nitrogens with two attached hydrogens (primary N) is 2. The largest absolute Gasteiger partial charge is 0.405 e. The number of nitrogens with one attached hydrogen (secondary N) is 2. The van der Waals surface area contributed by atoms with Crippen LogP contribution in [0.3, 0.4) is 0 Å². The first-order valence-electron chi connectivity index (χ1n) is 8.55. The number of amides is 2. The van der Waals surface area contributed by atoms with Crippen LogP contribution >= 0.6 is 11.3 Å². The van der Waals surface area contributed by atoms with E-state index in [1.807, 2.05) is 11.4 Å². The fraction of sp³-hybridized carbons (Fsp3) is 0.105. The van der Waals surface area contributed by atoms with E-state index in [1.165, 1.54) is 23.6 Å². The van der Waals surface area contributed by atoms with E-state index >= 15 is 0 Å². The number of Topliss-reactive ketones (excluding diaryl/α,β-unsaturated/α-hetero) is 1. The van der Waals surface area contributed by atoms with Crippen LogP contribution in [0.5, 0.6) is 0 Å². The molecule has 10 heteroatoms. The average molecular weight is 410 g/mol. The number of fused-ring (bicyclic) bond motifs is 1. The van der Waals surface area contributed by atoms with Crippen LogP contribution in [-0.4, -0.2) is 39.3 Å². The standard InChI is InChI=1S/C19H18N6O3S/c20-6-4-12(24-15-3-1-2-7-22-15)19(28)25-13(17(26)18(21)27)9-11-10-29-14-5-8-23-16(11)14/h1-8,10,13,23H,9,20H2,(H2,21,27)(H,25,28)/b6-4-,24-12-. The van der Waals surface area contributed by atoms with Crippen LogP contribution in [0.1, 0.15) is 5.56 Å². The molecule has 0 spiro atoms. The lowest BCUT2D eigenvalue weighted by Crippen LogP contribution is -2.49. The van der Waals surface area contributed by atoms with Crippen molar-refractivity contribution in [3.05, 3.63) is 59.9 Å². The van der Waals surface area contributed by atoms with Crippen LogP contribution in [0.4, 0.5) is 5.82 Å². The fourth-order valence-electron chi connectivity index (χ4n) is 2.68. The van der Waals surface area contributed by atoms with E-state index in [-0.39, 0.29) is 12.1 Å². The lowest BCUT2D eigenvalue weighted by molar-refractivity contribution is -0.137. The summed E-state index contributed by atoms with van der Waals surface area (Å²) in [6.07, 6.45) is 5.82. The summed E-state index contributed by atoms with van der Waals surface area (Å²) < 4.78 is 1.00.